The number of benzene rings is 2. The van der Waals surface area contributed by atoms with Gasteiger partial charge in [0.15, 0.2) is 5.17 Å². The summed E-state index contributed by atoms with van der Waals surface area (Å²) in [6.07, 6.45) is -0.0486. The van der Waals surface area contributed by atoms with Crippen molar-refractivity contribution >= 4 is 57.7 Å². The van der Waals surface area contributed by atoms with Crippen LogP contribution in [0.5, 0.6) is 5.75 Å². The van der Waals surface area contributed by atoms with Gasteiger partial charge in [0.2, 0.25) is 11.8 Å². The molecule has 1 aliphatic heterocycles. The van der Waals surface area contributed by atoms with Crippen LogP contribution in [0.4, 0.5) is 20.2 Å². The first-order valence-corrected chi connectivity index (χ1v) is 10.7. The Labute approximate surface area is 196 Å². The molecule has 8 nitrogen and oxygen atoms in total. The van der Waals surface area contributed by atoms with Crippen molar-refractivity contribution in [3.63, 3.8) is 0 Å². The third-order valence-corrected chi connectivity index (χ3v) is 5.75. The average Bonchev–Trinajstić information content (AvgIpc) is 2.77. The second-order valence-electron chi connectivity index (χ2n) is 6.76. The van der Waals surface area contributed by atoms with Crippen LogP contribution in [0, 0.1) is 0 Å². The lowest BCUT2D eigenvalue weighted by molar-refractivity contribution is -0.128. The third-order valence-electron chi connectivity index (χ3n) is 4.43. The number of thioether (sulfide) groups is 1. The van der Waals surface area contributed by atoms with Gasteiger partial charge in [0.1, 0.15) is 11.0 Å². The summed E-state index contributed by atoms with van der Waals surface area (Å²) in [7, 11) is 2.83. The quantitative estimate of drug-likeness (QED) is 0.474. The lowest BCUT2D eigenvalue weighted by atomic mass is 10.2. The Balaban J connectivity index is 1.70. The predicted octanol–water partition coefficient (Wildman–Crippen LogP) is 4.23. The molecule has 0 unspecified atom stereocenters. The fourth-order valence-electron chi connectivity index (χ4n) is 2.76. The minimum Gasteiger partial charge on any atom is -0.465 e. The number of anilines is 1. The fourth-order valence-corrected chi connectivity index (χ4v) is 3.91. The SMILES string of the molecule is COC(=O)c1ccc(N=C2S[C@@H](C(=O)Nc3ccc(OC(F)(F)Cl)cc3)CC(=O)N2C)cc1. The van der Waals surface area contributed by atoms with Gasteiger partial charge >= 0.3 is 11.5 Å². The number of methoxy groups -OCH3 is 1. The maximum atomic E-state index is 12.7. The van der Waals surface area contributed by atoms with Gasteiger partial charge in [0, 0.05) is 30.8 Å². The van der Waals surface area contributed by atoms with Gasteiger partial charge in [-0.1, -0.05) is 11.8 Å². The lowest BCUT2D eigenvalue weighted by Gasteiger charge is -2.28. The van der Waals surface area contributed by atoms with Gasteiger partial charge in [0.05, 0.1) is 18.4 Å². The van der Waals surface area contributed by atoms with E-state index in [-0.39, 0.29) is 18.1 Å². The van der Waals surface area contributed by atoms with E-state index in [0.29, 0.717) is 22.1 Å². The zero-order valence-corrected chi connectivity index (χ0v) is 19.0. The minimum atomic E-state index is -3.84. The first-order chi connectivity index (χ1) is 15.6. The van der Waals surface area contributed by atoms with Crippen LogP contribution in [0.1, 0.15) is 16.8 Å². The Bertz CT molecular complexity index is 1070. The molecule has 0 aromatic heterocycles. The summed E-state index contributed by atoms with van der Waals surface area (Å²) in [5.41, 5.74) is -2.68. The van der Waals surface area contributed by atoms with Crippen LogP contribution in [0.2, 0.25) is 0 Å². The molecule has 1 heterocycles. The molecule has 2 aromatic rings. The average molecular weight is 498 g/mol. The number of amides is 2. The molecule has 12 heteroatoms. The van der Waals surface area contributed by atoms with Gasteiger partial charge in [-0.05, 0) is 48.5 Å². The summed E-state index contributed by atoms with van der Waals surface area (Å²) >= 11 is 5.82. The number of alkyl halides is 3. The van der Waals surface area contributed by atoms with Gasteiger partial charge in [-0.2, -0.15) is 0 Å². The van der Waals surface area contributed by atoms with Gasteiger partial charge in [-0.15, -0.1) is 8.78 Å². The summed E-state index contributed by atoms with van der Waals surface area (Å²) in [5.74, 6) is -1.41. The summed E-state index contributed by atoms with van der Waals surface area (Å²) in [5, 5.41) is 2.19. The van der Waals surface area contributed by atoms with Crippen molar-refractivity contribution in [1.29, 1.82) is 0 Å². The number of carbonyl (C=O) groups excluding carboxylic acids is 3. The highest BCUT2D eigenvalue weighted by Crippen LogP contribution is 2.30. The van der Waals surface area contributed by atoms with Crippen LogP contribution in [0.25, 0.3) is 0 Å². The zero-order chi connectivity index (χ0) is 24.2. The van der Waals surface area contributed by atoms with Crippen LogP contribution in [-0.2, 0) is 14.3 Å². The third kappa shape index (κ3) is 6.65. The van der Waals surface area contributed by atoms with Crippen molar-refractivity contribution in [3.05, 3.63) is 54.1 Å². The summed E-state index contributed by atoms with van der Waals surface area (Å²) < 4.78 is 34.3. The molecular formula is C21H18ClF2N3O5S. The van der Waals surface area contributed by atoms with Crippen molar-refractivity contribution in [1.82, 2.24) is 4.90 Å². The maximum Gasteiger partial charge on any atom is 0.487 e. The molecule has 174 valence electrons. The topological polar surface area (TPSA) is 97.3 Å². The number of halogens is 3. The molecule has 2 amide bonds. The van der Waals surface area contributed by atoms with Crippen LogP contribution in [-0.4, -0.2) is 52.8 Å². The second kappa shape index (κ2) is 10.2. The normalized spacial score (nSPS) is 17.6. The summed E-state index contributed by atoms with van der Waals surface area (Å²) in [6.45, 7) is 0. The molecule has 1 atom stereocenters. The van der Waals surface area contributed by atoms with E-state index in [1.807, 2.05) is 0 Å². The lowest BCUT2D eigenvalue weighted by Crippen LogP contribution is -2.43. The fraction of sp³-hybridized carbons (Fsp3) is 0.238. The van der Waals surface area contributed by atoms with E-state index >= 15 is 0 Å². The molecule has 1 saturated heterocycles. The Hall–Kier alpha value is -3.18. The van der Waals surface area contributed by atoms with E-state index in [0.717, 1.165) is 11.8 Å². The van der Waals surface area contributed by atoms with E-state index in [1.165, 1.54) is 48.4 Å². The van der Waals surface area contributed by atoms with Crippen molar-refractivity contribution in [2.45, 2.75) is 17.2 Å². The Morgan fingerprint density at radius 3 is 2.39 bits per heavy atom. The molecule has 1 N–H and O–H groups in total. The summed E-state index contributed by atoms with van der Waals surface area (Å²) in [4.78, 5) is 42.4. The van der Waals surface area contributed by atoms with Crippen LogP contribution < -0.4 is 10.1 Å². The van der Waals surface area contributed by atoms with E-state index in [1.54, 1.807) is 19.2 Å². The number of nitrogens with one attached hydrogen (secondary N) is 1. The summed E-state index contributed by atoms with van der Waals surface area (Å²) in [6, 6.07) is 11.5. The number of amidine groups is 1. The molecular weight excluding hydrogens is 480 g/mol. The van der Waals surface area contributed by atoms with Crippen molar-refractivity contribution < 1.29 is 32.6 Å². The number of carbonyl (C=O) groups is 3. The second-order valence-corrected chi connectivity index (χ2v) is 8.37. The van der Waals surface area contributed by atoms with Gasteiger partial charge in [-0.3, -0.25) is 14.5 Å². The highest BCUT2D eigenvalue weighted by molar-refractivity contribution is 8.15. The monoisotopic (exact) mass is 497 g/mol. The smallest absolute Gasteiger partial charge is 0.465 e. The first kappa shape index (κ1) is 24.5. The molecule has 0 spiro atoms. The maximum absolute atomic E-state index is 12.7. The van der Waals surface area contributed by atoms with Gasteiger partial charge in [-0.25, -0.2) is 9.79 Å². The number of nitrogens with zero attached hydrogens (tertiary/aromatic N) is 2. The Morgan fingerprint density at radius 1 is 1.18 bits per heavy atom. The zero-order valence-electron chi connectivity index (χ0n) is 17.4. The molecule has 0 radical (unpaired) electrons. The minimum absolute atomic E-state index is 0.0486. The number of esters is 1. The number of ether oxygens (including phenoxy) is 2. The first-order valence-electron chi connectivity index (χ1n) is 9.42. The Kier molecular flexibility index (Phi) is 7.54. The molecule has 0 aliphatic carbocycles. The molecule has 0 bridgehead atoms. The van der Waals surface area contributed by atoms with Crippen LogP contribution >= 0.6 is 23.4 Å². The van der Waals surface area contributed by atoms with E-state index in [2.05, 4.69) is 19.8 Å². The largest absolute Gasteiger partial charge is 0.487 e. The van der Waals surface area contributed by atoms with Gasteiger partial charge < -0.3 is 14.8 Å². The van der Waals surface area contributed by atoms with Crippen LogP contribution in [0.15, 0.2) is 53.5 Å². The predicted molar refractivity (Wildman–Crippen MR) is 120 cm³/mol. The van der Waals surface area contributed by atoms with Crippen molar-refractivity contribution in [2.24, 2.45) is 4.99 Å². The van der Waals surface area contributed by atoms with Gasteiger partial charge in [0.25, 0.3) is 0 Å². The van der Waals surface area contributed by atoms with E-state index in [9.17, 15) is 23.2 Å². The number of aliphatic imine (C=N–C) groups is 1. The highest BCUT2D eigenvalue weighted by Gasteiger charge is 2.34. The standard InChI is InChI=1S/C21H18ClF2N3O5S/c1-27-17(28)11-16(18(29)25-13-7-9-15(10-8-13)32-21(22,23)24)33-20(27)26-14-5-3-12(4-6-14)19(30)31-2/h3-10,16H,11H2,1-2H3,(H,25,29)/t16-/m1/s1. The number of hydrogen-bond acceptors (Lipinski definition) is 7. The molecule has 1 fully saturated rings. The molecule has 3 rings (SSSR count). The molecule has 33 heavy (non-hydrogen) atoms. The highest BCUT2D eigenvalue weighted by atomic mass is 35.5. The van der Waals surface area contributed by atoms with Crippen LogP contribution in [0.3, 0.4) is 0 Å². The van der Waals surface area contributed by atoms with E-state index in [4.69, 9.17) is 11.6 Å². The molecule has 1 aliphatic rings. The number of hydrogen-bond donors (Lipinski definition) is 1. The Morgan fingerprint density at radius 2 is 1.82 bits per heavy atom. The van der Waals surface area contributed by atoms with Crippen molar-refractivity contribution in [3.8, 4) is 5.75 Å². The van der Waals surface area contributed by atoms with E-state index < -0.39 is 22.7 Å². The molecule has 0 saturated carbocycles. The number of rotatable bonds is 6. The molecule has 2 aromatic carbocycles. The van der Waals surface area contributed by atoms with Crippen molar-refractivity contribution in [2.75, 3.05) is 19.5 Å².